The molecule has 0 saturated heterocycles. The Morgan fingerprint density at radius 2 is 0.452 bits per heavy atom. The van der Waals surface area contributed by atoms with Crippen molar-refractivity contribution in [3.05, 3.63) is 0 Å². The standard InChI is InChI=1S/C36H68O6/c37-34(38)30-24-18-12-5-1-3-9-15-21-27-33(29-23-17-11-7-8-14-20-26-32-36(41)42)28-22-16-10-4-2-6-13-19-25-31-35(39)40/h33H,1-32H2,(H,37,38)(H,39,40)(H,41,42). The third kappa shape index (κ3) is 34.6. The van der Waals surface area contributed by atoms with Crippen LogP contribution in [0, 0.1) is 5.92 Å². The fourth-order valence-electron chi connectivity index (χ4n) is 6.10. The smallest absolute Gasteiger partial charge is 0.303 e. The minimum absolute atomic E-state index is 0.313. The zero-order chi connectivity index (χ0) is 30.9. The van der Waals surface area contributed by atoms with Gasteiger partial charge < -0.3 is 15.3 Å². The van der Waals surface area contributed by atoms with Crippen LogP contribution in [0.4, 0.5) is 0 Å². The summed E-state index contributed by atoms with van der Waals surface area (Å²) in [4.78, 5) is 31.7. The van der Waals surface area contributed by atoms with Crippen LogP contribution in [0.25, 0.3) is 0 Å². The maximum atomic E-state index is 10.6. The number of hydrogen-bond donors (Lipinski definition) is 3. The molecule has 0 aliphatic rings. The van der Waals surface area contributed by atoms with Crippen molar-refractivity contribution in [2.24, 2.45) is 5.92 Å². The molecule has 6 heteroatoms. The fourth-order valence-corrected chi connectivity index (χ4v) is 6.10. The van der Waals surface area contributed by atoms with E-state index in [9.17, 15) is 14.4 Å². The van der Waals surface area contributed by atoms with E-state index in [2.05, 4.69) is 0 Å². The molecule has 0 aliphatic carbocycles. The van der Waals surface area contributed by atoms with Crippen molar-refractivity contribution in [2.75, 3.05) is 0 Å². The van der Waals surface area contributed by atoms with Crippen molar-refractivity contribution < 1.29 is 29.7 Å². The Labute approximate surface area is 258 Å². The van der Waals surface area contributed by atoms with Crippen molar-refractivity contribution in [2.45, 2.75) is 205 Å². The first-order chi connectivity index (χ1) is 20.4. The average Bonchev–Trinajstić information content (AvgIpc) is 2.94. The molecule has 0 bridgehead atoms. The van der Waals surface area contributed by atoms with E-state index >= 15 is 0 Å². The normalized spacial score (nSPS) is 11.4. The molecule has 0 aromatic carbocycles. The summed E-state index contributed by atoms with van der Waals surface area (Å²) in [5.41, 5.74) is 0. The highest BCUT2D eigenvalue weighted by Crippen LogP contribution is 2.25. The molecule has 6 nitrogen and oxygen atoms in total. The van der Waals surface area contributed by atoms with Gasteiger partial charge in [-0.2, -0.15) is 0 Å². The van der Waals surface area contributed by atoms with Crippen LogP contribution in [0.5, 0.6) is 0 Å². The molecule has 3 N–H and O–H groups in total. The van der Waals surface area contributed by atoms with E-state index in [1.165, 1.54) is 148 Å². The predicted molar refractivity (Wildman–Crippen MR) is 174 cm³/mol. The van der Waals surface area contributed by atoms with E-state index < -0.39 is 17.9 Å². The zero-order valence-corrected chi connectivity index (χ0v) is 27.3. The van der Waals surface area contributed by atoms with Crippen molar-refractivity contribution in [3.8, 4) is 0 Å². The highest BCUT2D eigenvalue weighted by molar-refractivity contribution is 5.67. The van der Waals surface area contributed by atoms with Crippen LogP contribution in [0.15, 0.2) is 0 Å². The first kappa shape index (κ1) is 40.4. The van der Waals surface area contributed by atoms with Crippen molar-refractivity contribution in [1.29, 1.82) is 0 Å². The lowest BCUT2D eigenvalue weighted by molar-refractivity contribution is -0.138. The summed E-state index contributed by atoms with van der Waals surface area (Å²) in [7, 11) is 0. The zero-order valence-electron chi connectivity index (χ0n) is 27.3. The molecular formula is C36H68O6. The molecule has 0 aromatic heterocycles. The third-order valence-corrected chi connectivity index (χ3v) is 8.76. The lowest BCUT2D eigenvalue weighted by Crippen LogP contribution is -2.02. The van der Waals surface area contributed by atoms with E-state index in [1.807, 2.05) is 0 Å². The number of unbranched alkanes of at least 4 members (excludes halogenated alkanes) is 23. The number of hydrogen-bond acceptors (Lipinski definition) is 3. The van der Waals surface area contributed by atoms with Gasteiger partial charge in [0.25, 0.3) is 0 Å². The van der Waals surface area contributed by atoms with Gasteiger partial charge in [0.2, 0.25) is 0 Å². The van der Waals surface area contributed by atoms with E-state index in [0.717, 1.165) is 44.4 Å². The van der Waals surface area contributed by atoms with Gasteiger partial charge in [0.15, 0.2) is 0 Å². The maximum Gasteiger partial charge on any atom is 0.303 e. The molecule has 0 aliphatic heterocycles. The van der Waals surface area contributed by atoms with Crippen LogP contribution in [0.3, 0.4) is 0 Å². The first-order valence-electron chi connectivity index (χ1n) is 18.1. The SMILES string of the molecule is O=C(O)CCCCCCCCCCCC(CCCCCCCCCCCC(=O)O)CCCCCCCCCCC(=O)O. The molecule has 42 heavy (non-hydrogen) atoms. The predicted octanol–water partition coefficient (Wildman–Crippen LogP) is 11.3. The Kier molecular flexibility index (Phi) is 31.1. The molecule has 0 fully saturated rings. The van der Waals surface area contributed by atoms with E-state index in [4.69, 9.17) is 15.3 Å². The number of carboxylic acids is 3. The Morgan fingerprint density at radius 1 is 0.286 bits per heavy atom. The molecule has 0 atom stereocenters. The second kappa shape index (κ2) is 32.3. The van der Waals surface area contributed by atoms with Crippen molar-refractivity contribution in [1.82, 2.24) is 0 Å². The molecule has 0 amide bonds. The van der Waals surface area contributed by atoms with Gasteiger partial charge in [0.05, 0.1) is 0 Å². The lowest BCUT2D eigenvalue weighted by atomic mass is 9.89. The minimum Gasteiger partial charge on any atom is -0.481 e. The van der Waals surface area contributed by atoms with Gasteiger partial charge in [0, 0.05) is 19.3 Å². The number of carboxylic acid groups (broad SMARTS) is 3. The Morgan fingerprint density at radius 3 is 0.643 bits per heavy atom. The summed E-state index contributed by atoms with van der Waals surface area (Å²) in [6.07, 6.45) is 36.6. The largest absolute Gasteiger partial charge is 0.481 e. The summed E-state index contributed by atoms with van der Waals surface area (Å²) in [6.45, 7) is 0. The molecule has 0 heterocycles. The van der Waals surface area contributed by atoms with Crippen LogP contribution in [0.1, 0.15) is 205 Å². The molecule has 0 aromatic rings. The highest BCUT2D eigenvalue weighted by Gasteiger charge is 2.09. The summed E-state index contributed by atoms with van der Waals surface area (Å²) in [5.74, 6) is -1.14. The molecular weight excluding hydrogens is 528 g/mol. The first-order valence-corrected chi connectivity index (χ1v) is 18.1. The van der Waals surface area contributed by atoms with Crippen LogP contribution in [0.2, 0.25) is 0 Å². The van der Waals surface area contributed by atoms with Crippen molar-refractivity contribution in [3.63, 3.8) is 0 Å². The van der Waals surface area contributed by atoms with Gasteiger partial charge in [-0.15, -0.1) is 0 Å². The monoisotopic (exact) mass is 597 g/mol. The van der Waals surface area contributed by atoms with E-state index in [-0.39, 0.29) is 0 Å². The molecule has 248 valence electrons. The topological polar surface area (TPSA) is 112 Å². The summed E-state index contributed by atoms with van der Waals surface area (Å²) in [6, 6.07) is 0. The van der Waals surface area contributed by atoms with Gasteiger partial charge in [-0.1, -0.05) is 167 Å². The maximum absolute atomic E-state index is 10.6. The number of carbonyl (C=O) groups is 3. The van der Waals surface area contributed by atoms with Crippen LogP contribution < -0.4 is 0 Å². The Balaban J connectivity index is 3.95. The highest BCUT2D eigenvalue weighted by atomic mass is 16.4. The van der Waals surface area contributed by atoms with Gasteiger partial charge in [-0.3, -0.25) is 14.4 Å². The summed E-state index contributed by atoms with van der Waals surface area (Å²) in [5, 5.41) is 26.1. The quantitative estimate of drug-likeness (QED) is 0.0627. The second-order valence-corrected chi connectivity index (χ2v) is 12.9. The minimum atomic E-state index is -0.673. The van der Waals surface area contributed by atoms with Gasteiger partial charge in [-0.05, 0) is 25.2 Å². The number of aliphatic carboxylic acids is 3. The third-order valence-electron chi connectivity index (χ3n) is 8.76. The molecule has 0 unspecified atom stereocenters. The van der Waals surface area contributed by atoms with E-state index in [0.29, 0.717) is 19.3 Å². The molecule has 0 saturated carbocycles. The Bertz CT molecular complexity index is 584. The van der Waals surface area contributed by atoms with E-state index in [1.54, 1.807) is 0 Å². The summed E-state index contributed by atoms with van der Waals surface area (Å²) >= 11 is 0. The van der Waals surface area contributed by atoms with Crippen molar-refractivity contribution >= 4 is 17.9 Å². The van der Waals surface area contributed by atoms with Gasteiger partial charge in [0.1, 0.15) is 0 Å². The van der Waals surface area contributed by atoms with Gasteiger partial charge in [-0.25, -0.2) is 0 Å². The molecule has 0 spiro atoms. The molecule has 0 radical (unpaired) electrons. The van der Waals surface area contributed by atoms with Crippen LogP contribution in [-0.4, -0.2) is 33.2 Å². The summed E-state index contributed by atoms with van der Waals surface area (Å²) < 4.78 is 0. The Hall–Kier alpha value is -1.59. The lowest BCUT2D eigenvalue weighted by Gasteiger charge is -2.17. The molecule has 0 rings (SSSR count). The average molecular weight is 597 g/mol. The fraction of sp³-hybridized carbons (Fsp3) is 0.917. The van der Waals surface area contributed by atoms with Crippen LogP contribution >= 0.6 is 0 Å². The second-order valence-electron chi connectivity index (χ2n) is 12.9. The van der Waals surface area contributed by atoms with Crippen LogP contribution in [-0.2, 0) is 14.4 Å². The van der Waals surface area contributed by atoms with Gasteiger partial charge >= 0.3 is 17.9 Å². The number of rotatable bonds is 35.